The highest BCUT2D eigenvalue weighted by atomic mass is 16.5. The van der Waals surface area contributed by atoms with Crippen molar-refractivity contribution in [2.24, 2.45) is 5.92 Å². The summed E-state index contributed by atoms with van der Waals surface area (Å²) in [4.78, 5) is 40.5. The zero-order valence-electron chi connectivity index (χ0n) is 28.5. The predicted octanol–water partition coefficient (Wildman–Crippen LogP) is 4.57. The minimum Gasteiger partial charge on any atom is -0.506 e. The van der Waals surface area contributed by atoms with Crippen LogP contribution in [0.1, 0.15) is 41.7 Å². The Bertz CT molecular complexity index is 2080. The average Bonchev–Trinajstić information content (AvgIpc) is 3.17. The van der Waals surface area contributed by atoms with E-state index >= 15 is 0 Å². The fourth-order valence-corrected chi connectivity index (χ4v) is 6.52. The zero-order chi connectivity index (χ0) is 36.6. The number of aliphatic hydroxyl groups excluding tert-OH is 2. The molecule has 1 aromatic heterocycles. The lowest BCUT2D eigenvalue weighted by atomic mass is 9.96. The number of carboxylic acid groups (broad SMARTS) is 1. The number of anilines is 1. The second-order valence-electron chi connectivity index (χ2n) is 13.0. The number of aromatic nitrogens is 1. The molecule has 2 atom stereocenters. The van der Waals surface area contributed by atoms with Crippen molar-refractivity contribution >= 4 is 28.5 Å². The molecule has 6 rings (SSSR count). The number of aromatic amines is 1. The van der Waals surface area contributed by atoms with E-state index in [0.717, 1.165) is 30.6 Å². The minimum absolute atomic E-state index is 0.0451. The van der Waals surface area contributed by atoms with E-state index in [9.17, 15) is 34.8 Å². The lowest BCUT2D eigenvalue weighted by molar-refractivity contribution is -0.147. The molecule has 0 unspecified atom stereocenters. The highest BCUT2D eigenvalue weighted by Gasteiger charge is 2.24. The lowest BCUT2D eigenvalue weighted by Gasteiger charge is -2.32. The molecule has 0 spiro atoms. The summed E-state index contributed by atoms with van der Waals surface area (Å²) in [7, 11) is 0. The van der Waals surface area contributed by atoms with Crippen LogP contribution in [0.4, 0.5) is 5.69 Å². The first-order valence-corrected chi connectivity index (χ1v) is 17.2. The van der Waals surface area contributed by atoms with Gasteiger partial charge in [-0.2, -0.15) is 0 Å². The molecule has 12 nitrogen and oxygen atoms in total. The van der Waals surface area contributed by atoms with Crippen molar-refractivity contribution in [3.05, 3.63) is 124 Å². The number of piperidine rings is 1. The quantitative estimate of drug-likeness (QED) is 0.0863. The molecule has 0 bridgehead atoms. The minimum atomic E-state index is -1.65. The van der Waals surface area contributed by atoms with Crippen molar-refractivity contribution in [2.75, 3.05) is 38.1 Å². The van der Waals surface area contributed by atoms with Gasteiger partial charge in [-0.05, 0) is 83.0 Å². The van der Waals surface area contributed by atoms with Gasteiger partial charge in [0.05, 0.1) is 11.6 Å². The fraction of sp³-hybridized carbons (Fsp3) is 0.275. The monoisotopic (exact) mass is 706 g/mol. The van der Waals surface area contributed by atoms with Gasteiger partial charge >= 0.3 is 5.97 Å². The number of aromatic hydroxyl groups is 1. The van der Waals surface area contributed by atoms with Gasteiger partial charge in [0.25, 0.3) is 5.91 Å². The maximum Gasteiger partial charge on any atom is 0.337 e. The summed E-state index contributed by atoms with van der Waals surface area (Å²) in [5, 5.41) is 47.7. The number of rotatable bonds is 14. The Labute approximate surface area is 300 Å². The molecule has 5 aromatic rings. The molecule has 0 aliphatic carbocycles. The number of carbonyl (C=O) groups is 2. The van der Waals surface area contributed by atoms with E-state index in [-0.39, 0.29) is 35.9 Å². The molecule has 1 saturated heterocycles. The number of ether oxygens (including phenoxy) is 1. The maximum atomic E-state index is 13.0. The number of amides is 1. The molecule has 12 heteroatoms. The number of likely N-dealkylation sites (tertiary alicyclic amines) is 1. The molecule has 2 heterocycles. The number of hydrogen-bond acceptors (Lipinski definition) is 9. The topological polar surface area (TPSA) is 184 Å². The second-order valence-corrected chi connectivity index (χ2v) is 13.0. The van der Waals surface area contributed by atoms with E-state index in [1.165, 1.54) is 12.1 Å². The number of hydrogen-bond donors (Lipinski definition) is 7. The molecule has 7 N–H and O–H groups in total. The summed E-state index contributed by atoms with van der Waals surface area (Å²) in [6.07, 6.45) is -0.750. The van der Waals surface area contributed by atoms with Crippen LogP contribution in [0.15, 0.2) is 102 Å². The first-order chi connectivity index (χ1) is 25.2. The Balaban J connectivity index is 0.914. The summed E-state index contributed by atoms with van der Waals surface area (Å²) >= 11 is 0. The van der Waals surface area contributed by atoms with Gasteiger partial charge in [-0.25, -0.2) is 4.79 Å². The molecule has 270 valence electrons. The van der Waals surface area contributed by atoms with Crippen LogP contribution in [-0.2, 0) is 16.1 Å². The SMILES string of the molecule is O=C(O)[C@@H](O)c1ccccc1-c1cccc(OCC(=O)N2CCC(CNc3ccc(CNC[C@H](O)c4ccc(O)c5[nH]c(=O)ccc45)cc3)CC2)c1. The molecule has 0 radical (unpaired) electrons. The van der Waals surface area contributed by atoms with Crippen LogP contribution in [0.5, 0.6) is 11.5 Å². The molecular weight excluding hydrogens is 664 g/mol. The Kier molecular flexibility index (Phi) is 11.5. The van der Waals surface area contributed by atoms with Gasteiger partial charge in [-0.3, -0.25) is 9.59 Å². The average molecular weight is 707 g/mol. The molecule has 1 aliphatic heterocycles. The van der Waals surface area contributed by atoms with Crippen molar-refractivity contribution in [3.63, 3.8) is 0 Å². The summed E-state index contributed by atoms with van der Waals surface area (Å²) in [5.41, 5.74) is 4.19. The van der Waals surface area contributed by atoms with Crippen molar-refractivity contribution in [2.45, 2.75) is 31.6 Å². The molecule has 0 saturated carbocycles. The number of phenolic OH excluding ortho intramolecular Hbond substituents is 1. The summed E-state index contributed by atoms with van der Waals surface area (Å²) < 4.78 is 5.83. The van der Waals surface area contributed by atoms with Gasteiger partial charge in [-0.1, -0.05) is 54.6 Å². The number of phenols is 1. The first kappa shape index (κ1) is 36.1. The zero-order valence-corrected chi connectivity index (χ0v) is 28.5. The number of nitrogens with zero attached hydrogens (tertiary/aromatic N) is 1. The van der Waals surface area contributed by atoms with Crippen molar-refractivity contribution in [1.82, 2.24) is 15.2 Å². The van der Waals surface area contributed by atoms with Crippen LogP contribution < -0.4 is 20.9 Å². The van der Waals surface area contributed by atoms with Crippen LogP contribution >= 0.6 is 0 Å². The molecular formula is C40H42N4O8. The fourth-order valence-electron chi connectivity index (χ4n) is 6.52. The number of H-pyrrole nitrogens is 1. The number of aliphatic hydroxyl groups is 2. The van der Waals surface area contributed by atoms with E-state index in [1.54, 1.807) is 60.7 Å². The molecule has 1 aliphatic rings. The largest absolute Gasteiger partial charge is 0.506 e. The standard InChI is InChI=1S/C40H42N4O8/c45-34-14-12-31(32-13-15-36(47)43-38(32)34)35(46)23-41-21-25-8-10-28(11-9-25)42-22-26-16-18-44(19-17-26)37(48)24-52-29-5-3-4-27(20-29)30-6-1-2-7-33(30)39(49)40(50)51/h1-15,20,26,35,39,41-42,45-46,49H,16-19,21-24H2,(H,43,47)(H,50,51)/t35-,39-/m0/s1. The smallest absolute Gasteiger partial charge is 0.337 e. The van der Waals surface area contributed by atoms with Gasteiger partial charge in [0.1, 0.15) is 11.5 Å². The van der Waals surface area contributed by atoms with Gasteiger partial charge in [0.2, 0.25) is 5.56 Å². The number of nitrogens with one attached hydrogen (secondary N) is 3. The van der Waals surface area contributed by atoms with E-state index in [2.05, 4.69) is 15.6 Å². The van der Waals surface area contributed by atoms with Gasteiger partial charge in [0.15, 0.2) is 12.7 Å². The van der Waals surface area contributed by atoms with Gasteiger partial charge in [0, 0.05) is 49.9 Å². The third-order valence-corrected chi connectivity index (χ3v) is 9.45. The summed E-state index contributed by atoms with van der Waals surface area (Å²) in [6.45, 7) is 2.81. The third kappa shape index (κ3) is 8.78. The Morgan fingerprint density at radius 3 is 2.44 bits per heavy atom. The number of carboxylic acids is 1. The summed E-state index contributed by atoms with van der Waals surface area (Å²) in [5.74, 6) is -0.576. The predicted molar refractivity (Wildman–Crippen MR) is 197 cm³/mol. The number of aliphatic carboxylic acids is 1. The van der Waals surface area contributed by atoms with Crippen molar-refractivity contribution in [3.8, 4) is 22.6 Å². The van der Waals surface area contributed by atoms with Crippen LogP contribution in [-0.4, -0.2) is 75.0 Å². The molecule has 1 fully saturated rings. The Morgan fingerprint density at radius 1 is 0.904 bits per heavy atom. The van der Waals surface area contributed by atoms with Crippen molar-refractivity contribution in [1.29, 1.82) is 0 Å². The van der Waals surface area contributed by atoms with Crippen LogP contribution in [0.3, 0.4) is 0 Å². The van der Waals surface area contributed by atoms with Crippen LogP contribution in [0.2, 0.25) is 0 Å². The van der Waals surface area contributed by atoms with E-state index in [1.807, 2.05) is 29.2 Å². The number of pyridine rings is 1. The second kappa shape index (κ2) is 16.6. The van der Waals surface area contributed by atoms with E-state index in [0.29, 0.717) is 58.9 Å². The molecule has 4 aromatic carbocycles. The van der Waals surface area contributed by atoms with E-state index < -0.39 is 18.2 Å². The lowest BCUT2D eigenvalue weighted by Crippen LogP contribution is -2.42. The van der Waals surface area contributed by atoms with Crippen LogP contribution in [0.25, 0.3) is 22.0 Å². The normalized spacial score (nSPS) is 14.5. The van der Waals surface area contributed by atoms with Gasteiger partial charge < -0.3 is 45.7 Å². The van der Waals surface area contributed by atoms with Crippen molar-refractivity contribution < 1.29 is 34.8 Å². The number of benzene rings is 4. The van der Waals surface area contributed by atoms with E-state index in [4.69, 9.17) is 4.74 Å². The Hall–Kier alpha value is -5.69. The van der Waals surface area contributed by atoms with Crippen LogP contribution in [0, 0.1) is 5.92 Å². The molecule has 1 amide bonds. The summed E-state index contributed by atoms with van der Waals surface area (Å²) in [6, 6.07) is 28.0. The Morgan fingerprint density at radius 2 is 1.67 bits per heavy atom. The first-order valence-electron chi connectivity index (χ1n) is 17.2. The molecule has 52 heavy (non-hydrogen) atoms. The highest BCUT2D eigenvalue weighted by molar-refractivity contribution is 5.87. The maximum absolute atomic E-state index is 13.0. The van der Waals surface area contributed by atoms with Gasteiger partial charge in [-0.15, -0.1) is 0 Å². The highest BCUT2D eigenvalue weighted by Crippen LogP contribution is 2.31. The number of carbonyl (C=O) groups excluding carboxylic acids is 1. The third-order valence-electron chi connectivity index (χ3n) is 9.45. The number of fused-ring (bicyclic) bond motifs is 1.